The Balaban J connectivity index is 1.67. The molecule has 2 heterocycles. The van der Waals surface area contributed by atoms with Gasteiger partial charge < -0.3 is 4.57 Å². The highest BCUT2D eigenvalue weighted by Gasteiger charge is 2.14. The van der Waals surface area contributed by atoms with E-state index >= 15 is 0 Å². The molecule has 7 nitrogen and oxygen atoms in total. The van der Waals surface area contributed by atoms with Crippen molar-refractivity contribution in [3.05, 3.63) is 72.1 Å². The van der Waals surface area contributed by atoms with Crippen LogP contribution in [0, 0.1) is 5.82 Å². The lowest BCUT2D eigenvalue weighted by Crippen LogP contribution is -2.42. The zero-order chi connectivity index (χ0) is 17.1. The lowest BCUT2D eigenvalue weighted by atomic mass is 10.3. The normalized spacial score (nSPS) is 10.4. The molecule has 0 fully saturated rings. The van der Waals surface area contributed by atoms with Crippen molar-refractivity contribution in [1.29, 1.82) is 0 Å². The number of hydrogen-bond acceptors (Lipinski definition) is 3. The summed E-state index contributed by atoms with van der Waals surface area (Å²) in [5, 5.41) is 4.01. The van der Waals surface area contributed by atoms with Crippen molar-refractivity contribution in [2.75, 3.05) is 0 Å². The van der Waals surface area contributed by atoms with Crippen LogP contribution in [-0.4, -0.2) is 26.2 Å². The summed E-state index contributed by atoms with van der Waals surface area (Å²) in [6.07, 6.45) is 3.18. The maximum absolute atomic E-state index is 13.7. The summed E-state index contributed by atoms with van der Waals surface area (Å²) in [5.41, 5.74) is 5.24. The van der Waals surface area contributed by atoms with Crippen LogP contribution in [0.1, 0.15) is 21.0 Å². The molecule has 0 aliphatic heterocycles. The fourth-order valence-electron chi connectivity index (χ4n) is 2.16. The molecule has 0 aliphatic rings. The van der Waals surface area contributed by atoms with Crippen molar-refractivity contribution in [3.63, 3.8) is 0 Å². The lowest BCUT2D eigenvalue weighted by Gasteiger charge is -2.06. The number of carbonyl (C=O) groups excluding carboxylic acids is 2. The molecule has 24 heavy (non-hydrogen) atoms. The van der Waals surface area contributed by atoms with Gasteiger partial charge >= 0.3 is 0 Å². The van der Waals surface area contributed by atoms with Gasteiger partial charge in [0, 0.05) is 19.4 Å². The summed E-state index contributed by atoms with van der Waals surface area (Å²) in [7, 11) is 1.72. The average Bonchev–Trinajstić information content (AvgIpc) is 3.22. The number of rotatable bonds is 3. The van der Waals surface area contributed by atoms with Gasteiger partial charge in [0.05, 0.1) is 0 Å². The van der Waals surface area contributed by atoms with Crippen LogP contribution in [-0.2, 0) is 7.05 Å². The van der Waals surface area contributed by atoms with E-state index in [-0.39, 0.29) is 11.4 Å². The van der Waals surface area contributed by atoms with E-state index in [0.29, 0.717) is 5.69 Å². The van der Waals surface area contributed by atoms with E-state index in [1.807, 2.05) is 0 Å². The van der Waals surface area contributed by atoms with Gasteiger partial charge in [0.15, 0.2) is 5.69 Å². The number of nitrogens with one attached hydrogen (secondary N) is 2. The fraction of sp³-hybridized carbons (Fsp3) is 0.0625. The first-order chi connectivity index (χ1) is 11.6. The number of benzene rings is 1. The van der Waals surface area contributed by atoms with Crippen molar-refractivity contribution < 1.29 is 14.0 Å². The van der Waals surface area contributed by atoms with Crippen LogP contribution in [0.25, 0.3) is 5.69 Å². The Bertz CT molecular complexity index is 899. The molecule has 0 saturated heterocycles. The van der Waals surface area contributed by atoms with Crippen LogP contribution in [0.4, 0.5) is 4.39 Å². The quantitative estimate of drug-likeness (QED) is 0.714. The van der Waals surface area contributed by atoms with Crippen molar-refractivity contribution in [1.82, 2.24) is 25.2 Å². The van der Waals surface area contributed by atoms with E-state index in [1.165, 1.54) is 23.0 Å². The molecule has 1 aromatic carbocycles. The van der Waals surface area contributed by atoms with E-state index in [4.69, 9.17) is 0 Å². The lowest BCUT2D eigenvalue weighted by molar-refractivity contribution is 0.0839. The monoisotopic (exact) mass is 327 g/mol. The molecule has 3 aromatic rings. The third kappa shape index (κ3) is 3.02. The second-order valence-electron chi connectivity index (χ2n) is 5.01. The van der Waals surface area contributed by atoms with Gasteiger partial charge in [0.25, 0.3) is 11.8 Å². The molecule has 8 heteroatoms. The van der Waals surface area contributed by atoms with E-state index in [0.717, 1.165) is 0 Å². The first-order valence-corrected chi connectivity index (χ1v) is 7.09. The topological polar surface area (TPSA) is 81.0 Å². The van der Waals surface area contributed by atoms with Crippen molar-refractivity contribution in [2.45, 2.75) is 0 Å². The number of halogens is 1. The maximum atomic E-state index is 13.7. The molecule has 3 rings (SSSR count). The van der Waals surface area contributed by atoms with Crippen molar-refractivity contribution in [2.24, 2.45) is 7.05 Å². The zero-order valence-corrected chi connectivity index (χ0v) is 12.7. The first kappa shape index (κ1) is 15.5. The van der Waals surface area contributed by atoms with Crippen molar-refractivity contribution in [3.8, 4) is 5.69 Å². The van der Waals surface area contributed by atoms with E-state index in [9.17, 15) is 14.0 Å². The van der Waals surface area contributed by atoms with Gasteiger partial charge in [-0.15, -0.1) is 0 Å². The van der Waals surface area contributed by atoms with Crippen LogP contribution in [0.15, 0.2) is 54.9 Å². The second kappa shape index (κ2) is 6.37. The molecule has 2 amide bonds. The van der Waals surface area contributed by atoms with Crippen LogP contribution in [0.2, 0.25) is 0 Å². The number of hydrazine groups is 1. The Kier molecular flexibility index (Phi) is 4.11. The van der Waals surface area contributed by atoms with Crippen molar-refractivity contribution >= 4 is 11.8 Å². The SMILES string of the molecule is Cn1cccc1C(=O)NNC(=O)c1ccn(-c2ccccc2F)n1. The minimum Gasteiger partial charge on any atom is -0.347 e. The number of nitrogens with zero attached hydrogens (tertiary/aromatic N) is 3. The number of para-hydroxylation sites is 1. The number of hydrogen-bond donors (Lipinski definition) is 2. The highest BCUT2D eigenvalue weighted by molar-refractivity contribution is 5.97. The molecule has 0 spiro atoms. The molecule has 0 atom stereocenters. The molecule has 0 aliphatic carbocycles. The molecule has 2 aromatic heterocycles. The third-order valence-electron chi connectivity index (χ3n) is 3.39. The Labute approximate surface area is 136 Å². The minimum atomic E-state index is -0.604. The second-order valence-corrected chi connectivity index (χ2v) is 5.01. The Morgan fingerprint density at radius 1 is 1.00 bits per heavy atom. The molecule has 0 unspecified atom stereocenters. The van der Waals surface area contributed by atoms with Gasteiger partial charge in [0.1, 0.15) is 17.2 Å². The summed E-state index contributed by atoms with van der Waals surface area (Å²) in [4.78, 5) is 23.9. The zero-order valence-electron chi connectivity index (χ0n) is 12.7. The summed E-state index contributed by atoms with van der Waals surface area (Å²) >= 11 is 0. The smallest absolute Gasteiger partial charge is 0.290 e. The Hall–Kier alpha value is -3.42. The summed E-state index contributed by atoms with van der Waals surface area (Å²) < 4.78 is 16.6. The molecule has 0 radical (unpaired) electrons. The molecule has 2 N–H and O–H groups in total. The van der Waals surface area contributed by atoms with E-state index in [2.05, 4.69) is 16.0 Å². The highest BCUT2D eigenvalue weighted by atomic mass is 19.1. The summed E-state index contributed by atoms with van der Waals surface area (Å²) in [5.74, 6) is -1.51. The van der Waals surface area contributed by atoms with E-state index < -0.39 is 17.6 Å². The van der Waals surface area contributed by atoms with Gasteiger partial charge in [0.2, 0.25) is 0 Å². The predicted octanol–water partition coefficient (Wildman–Crippen LogP) is 1.42. The predicted molar refractivity (Wildman–Crippen MR) is 83.9 cm³/mol. The van der Waals surface area contributed by atoms with Gasteiger partial charge in [-0.25, -0.2) is 9.07 Å². The number of amides is 2. The number of aromatic nitrogens is 3. The third-order valence-corrected chi connectivity index (χ3v) is 3.39. The van der Waals surface area contributed by atoms with Gasteiger partial charge in [-0.2, -0.15) is 5.10 Å². The van der Waals surface area contributed by atoms with Gasteiger partial charge in [-0.3, -0.25) is 20.4 Å². The molecule has 122 valence electrons. The Morgan fingerprint density at radius 2 is 1.75 bits per heavy atom. The van der Waals surface area contributed by atoms with Gasteiger partial charge in [-0.05, 0) is 30.3 Å². The minimum absolute atomic E-state index is 0.0467. The number of carbonyl (C=O) groups is 2. The van der Waals surface area contributed by atoms with Gasteiger partial charge in [-0.1, -0.05) is 12.1 Å². The van der Waals surface area contributed by atoms with Crippen LogP contribution < -0.4 is 10.9 Å². The molecular formula is C16H14FN5O2. The standard InChI is InChI=1S/C16H14FN5O2/c1-21-9-4-7-14(21)16(24)19-18-15(23)12-8-10-22(20-12)13-6-3-2-5-11(13)17/h2-10H,1H3,(H,18,23)(H,19,24). The Morgan fingerprint density at radius 3 is 2.46 bits per heavy atom. The largest absolute Gasteiger partial charge is 0.347 e. The first-order valence-electron chi connectivity index (χ1n) is 7.09. The fourth-order valence-corrected chi connectivity index (χ4v) is 2.16. The maximum Gasteiger partial charge on any atom is 0.290 e. The molecule has 0 bridgehead atoms. The van der Waals surface area contributed by atoms with E-state index in [1.54, 1.807) is 48.1 Å². The highest BCUT2D eigenvalue weighted by Crippen LogP contribution is 2.12. The average molecular weight is 327 g/mol. The molecule has 0 saturated carbocycles. The van der Waals surface area contributed by atoms with Crippen LogP contribution in [0.5, 0.6) is 0 Å². The summed E-state index contributed by atoms with van der Waals surface area (Å²) in [6.45, 7) is 0. The van der Waals surface area contributed by atoms with Crippen LogP contribution >= 0.6 is 0 Å². The van der Waals surface area contributed by atoms with Crippen LogP contribution in [0.3, 0.4) is 0 Å². The summed E-state index contributed by atoms with van der Waals surface area (Å²) in [6, 6.07) is 10.8. The molecular weight excluding hydrogens is 313 g/mol. The number of aryl methyl sites for hydroxylation is 1.